The highest BCUT2D eigenvalue weighted by atomic mass is 15.1. The molecule has 0 aromatic heterocycles. The molecule has 0 unspecified atom stereocenters. The van der Waals surface area contributed by atoms with Crippen LogP contribution in [0.5, 0.6) is 0 Å². The highest BCUT2D eigenvalue weighted by molar-refractivity contribution is 5.89. The van der Waals surface area contributed by atoms with Gasteiger partial charge in [-0.2, -0.15) is 0 Å². The molecule has 2 nitrogen and oxygen atoms in total. The Morgan fingerprint density at radius 2 is 0.621 bits per heavy atom. The lowest BCUT2D eigenvalue weighted by atomic mass is 9.67. The zero-order chi connectivity index (χ0) is 44.2. The summed E-state index contributed by atoms with van der Waals surface area (Å²) < 4.78 is 0. The van der Waals surface area contributed by atoms with Crippen LogP contribution >= 0.6 is 0 Å². The van der Waals surface area contributed by atoms with Gasteiger partial charge in [-0.05, 0) is 140 Å². The quantitative estimate of drug-likeness (QED) is 0.143. The summed E-state index contributed by atoms with van der Waals surface area (Å²) in [5, 5.41) is 0. The van der Waals surface area contributed by atoms with Crippen LogP contribution in [0.4, 0.5) is 34.1 Å². The zero-order valence-corrected chi connectivity index (χ0v) is 37.1. The Morgan fingerprint density at radius 3 is 1.15 bits per heavy atom. The van der Waals surface area contributed by atoms with Gasteiger partial charge >= 0.3 is 0 Å². The van der Waals surface area contributed by atoms with Crippen molar-refractivity contribution in [1.29, 1.82) is 0 Å². The van der Waals surface area contributed by atoms with Gasteiger partial charge in [-0.15, -0.1) is 0 Å². The molecule has 0 bridgehead atoms. The Bertz CT molecular complexity index is 3330. The smallest absolute Gasteiger partial charge is 0.0713 e. The standard InChI is InChI=1S/C64H48N2/c1-63(2)59-30-15-12-27-55(59)58-42-41-54(44-62(58)63)66(50-24-10-5-11-25-50)52-39-35-48(36-40-52)64(60-31-16-13-28-56(60)57-29-14-17-32-61(57)64)47-33-37-51(38-34-47)65(49-22-8-4-9-23-49)53-26-18-21-46(43-53)45-19-6-3-7-20-45/h3-44H,1-2H3. The Balaban J connectivity index is 0.995. The van der Waals surface area contributed by atoms with E-state index >= 15 is 0 Å². The van der Waals surface area contributed by atoms with Crippen molar-refractivity contribution in [3.63, 3.8) is 0 Å². The Hall–Kier alpha value is -8.20. The number of anilines is 6. The summed E-state index contributed by atoms with van der Waals surface area (Å²) in [6.45, 7) is 4.71. The molecule has 0 radical (unpaired) electrons. The predicted molar refractivity (Wildman–Crippen MR) is 276 cm³/mol. The molecule has 0 fully saturated rings. The molecule has 2 aliphatic carbocycles. The molecule has 2 heteroatoms. The van der Waals surface area contributed by atoms with Gasteiger partial charge in [-0.1, -0.05) is 196 Å². The molecule has 10 aromatic carbocycles. The first-order valence-electron chi connectivity index (χ1n) is 23.0. The van der Waals surface area contributed by atoms with Crippen LogP contribution in [0.2, 0.25) is 0 Å². The summed E-state index contributed by atoms with van der Waals surface area (Å²) in [6, 6.07) is 93.6. The zero-order valence-electron chi connectivity index (χ0n) is 37.1. The van der Waals surface area contributed by atoms with Crippen molar-refractivity contribution in [1.82, 2.24) is 0 Å². The first-order valence-corrected chi connectivity index (χ1v) is 23.0. The van der Waals surface area contributed by atoms with Crippen LogP contribution in [0.3, 0.4) is 0 Å². The van der Waals surface area contributed by atoms with Gasteiger partial charge in [0.1, 0.15) is 0 Å². The molecule has 314 valence electrons. The summed E-state index contributed by atoms with van der Waals surface area (Å²) in [5.74, 6) is 0. The number of nitrogens with zero attached hydrogens (tertiary/aromatic N) is 2. The van der Waals surface area contributed by atoms with Gasteiger partial charge in [0.05, 0.1) is 5.41 Å². The largest absolute Gasteiger partial charge is 0.310 e. The van der Waals surface area contributed by atoms with E-state index in [1.54, 1.807) is 0 Å². The van der Waals surface area contributed by atoms with Gasteiger partial charge in [0.15, 0.2) is 0 Å². The van der Waals surface area contributed by atoms with E-state index in [9.17, 15) is 0 Å². The molecule has 0 aliphatic heterocycles. The number of para-hydroxylation sites is 2. The van der Waals surface area contributed by atoms with Crippen LogP contribution < -0.4 is 9.80 Å². The van der Waals surface area contributed by atoms with Crippen LogP contribution in [0.25, 0.3) is 33.4 Å². The van der Waals surface area contributed by atoms with E-state index in [4.69, 9.17) is 0 Å². The SMILES string of the molecule is CC1(C)c2ccccc2-c2ccc(N(c3ccccc3)c3ccc(C4(c5ccc(N(c6ccccc6)c6cccc(-c7ccccc7)c6)cc5)c5ccccc5-c5ccccc54)cc3)cc21. The molecule has 0 atom stereocenters. The highest BCUT2D eigenvalue weighted by Crippen LogP contribution is 2.57. The van der Waals surface area contributed by atoms with Crippen molar-refractivity contribution in [2.75, 3.05) is 9.80 Å². The maximum absolute atomic E-state index is 2.42. The van der Waals surface area contributed by atoms with Crippen molar-refractivity contribution in [2.24, 2.45) is 0 Å². The fourth-order valence-corrected chi connectivity index (χ4v) is 11.1. The molecular weight excluding hydrogens is 797 g/mol. The fraction of sp³-hybridized carbons (Fsp3) is 0.0625. The molecular formula is C64H48N2. The van der Waals surface area contributed by atoms with Crippen molar-refractivity contribution in [3.8, 4) is 33.4 Å². The van der Waals surface area contributed by atoms with E-state index in [-0.39, 0.29) is 5.41 Å². The summed E-state index contributed by atoms with van der Waals surface area (Å²) in [6.07, 6.45) is 0. The first kappa shape index (κ1) is 39.4. The number of fused-ring (bicyclic) bond motifs is 6. The first-order chi connectivity index (χ1) is 32.5. The minimum atomic E-state index is -0.560. The van der Waals surface area contributed by atoms with Gasteiger partial charge in [-0.3, -0.25) is 0 Å². The van der Waals surface area contributed by atoms with Crippen LogP contribution in [-0.4, -0.2) is 0 Å². The van der Waals surface area contributed by atoms with Gasteiger partial charge in [0.25, 0.3) is 0 Å². The summed E-state index contributed by atoms with van der Waals surface area (Å²) >= 11 is 0. The van der Waals surface area contributed by atoms with Crippen molar-refractivity contribution < 1.29 is 0 Å². The molecule has 0 heterocycles. The summed E-state index contributed by atoms with van der Waals surface area (Å²) in [7, 11) is 0. The van der Waals surface area contributed by atoms with E-state index in [0.29, 0.717) is 0 Å². The summed E-state index contributed by atoms with van der Waals surface area (Å²) in [5.41, 5.74) is 21.4. The second-order valence-corrected chi connectivity index (χ2v) is 18.1. The van der Waals surface area contributed by atoms with Gasteiger partial charge in [0.2, 0.25) is 0 Å². The lowest BCUT2D eigenvalue weighted by Crippen LogP contribution is -2.28. The molecule has 0 saturated heterocycles. The molecule has 66 heavy (non-hydrogen) atoms. The number of hydrogen-bond donors (Lipinski definition) is 0. The monoisotopic (exact) mass is 844 g/mol. The highest BCUT2D eigenvalue weighted by Gasteiger charge is 2.46. The lowest BCUT2D eigenvalue weighted by molar-refractivity contribution is 0.660. The fourth-order valence-electron chi connectivity index (χ4n) is 11.1. The summed E-state index contributed by atoms with van der Waals surface area (Å²) in [4.78, 5) is 4.78. The van der Waals surface area contributed by atoms with Gasteiger partial charge < -0.3 is 9.80 Å². The molecule has 0 spiro atoms. The van der Waals surface area contributed by atoms with Crippen LogP contribution in [0.15, 0.2) is 255 Å². The second kappa shape index (κ2) is 15.8. The lowest BCUT2D eigenvalue weighted by Gasteiger charge is -2.35. The third-order valence-electron chi connectivity index (χ3n) is 14.1. The topological polar surface area (TPSA) is 6.48 Å². The van der Waals surface area contributed by atoms with Crippen molar-refractivity contribution in [2.45, 2.75) is 24.7 Å². The maximum Gasteiger partial charge on any atom is 0.0713 e. The number of rotatable bonds is 9. The second-order valence-electron chi connectivity index (χ2n) is 18.1. The molecule has 0 amide bonds. The van der Waals surface area contributed by atoms with Crippen LogP contribution in [0, 0.1) is 0 Å². The molecule has 0 saturated carbocycles. The van der Waals surface area contributed by atoms with E-state index < -0.39 is 5.41 Å². The minimum Gasteiger partial charge on any atom is -0.310 e. The number of benzene rings is 10. The van der Waals surface area contributed by atoms with Gasteiger partial charge in [-0.25, -0.2) is 0 Å². The average Bonchev–Trinajstić information content (AvgIpc) is 3.81. The van der Waals surface area contributed by atoms with Crippen LogP contribution in [-0.2, 0) is 10.8 Å². The Kier molecular flexibility index (Phi) is 9.43. The van der Waals surface area contributed by atoms with Crippen molar-refractivity contribution >= 4 is 34.1 Å². The third-order valence-corrected chi connectivity index (χ3v) is 14.1. The van der Waals surface area contributed by atoms with E-state index in [2.05, 4.69) is 278 Å². The normalized spacial score (nSPS) is 13.5. The van der Waals surface area contributed by atoms with Crippen LogP contribution in [0.1, 0.15) is 47.2 Å². The molecule has 12 rings (SSSR count). The predicted octanol–water partition coefficient (Wildman–Crippen LogP) is 17.0. The average molecular weight is 845 g/mol. The molecule has 10 aromatic rings. The molecule has 2 aliphatic rings. The minimum absolute atomic E-state index is 0.107. The number of hydrogen-bond acceptors (Lipinski definition) is 2. The maximum atomic E-state index is 2.42. The van der Waals surface area contributed by atoms with E-state index in [1.807, 2.05) is 0 Å². The van der Waals surface area contributed by atoms with Gasteiger partial charge in [0, 0.05) is 39.5 Å². The van der Waals surface area contributed by atoms with E-state index in [0.717, 1.165) is 34.1 Å². The Morgan fingerprint density at radius 1 is 0.258 bits per heavy atom. The third kappa shape index (κ3) is 6.25. The Labute approximate surface area is 388 Å². The van der Waals surface area contributed by atoms with Crippen molar-refractivity contribution in [3.05, 3.63) is 288 Å². The molecule has 0 N–H and O–H groups in total. The van der Waals surface area contributed by atoms with E-state index in [1.165, 1.54) is 66.8 Å².